The van der Waals surface area contributed by atoms with E-state index in [0.29, 0.717) is 0 Å². The maximum atomic E-state index is 14.1. The van der Waals surface area contributed by atoms with E-state index >= 15 is 0 Å². The minimum absolute atomic E-state index is 0.0304. The fourth-order valence-corrected chi connectivity index (χ4v) is 3.59. The van der Waals surface area contributed by atoms with E-state index in [9.17, 15) is 17.6 Å². The lowest BCUT2D eigenvalue weighted by Crippen LogP contribution is -2.26. The Hall–Kier alpha value is -1.34. The standard InChI is InChI=1S/C12H13ClFNO4S/c1-19-10-4-2-3-9(12(10)14)15-6-8(5-11(15)16)7-20(13,17)18/h2-4,8H,5-7H2,1H3. The van der Waals surface area contributed by atoms with Gasteiger partial charge in [0.05, 0.1) is 18.6 Å². The van der Waals surface area contributed by atoms with Crippen LogP contribution in [-0.4, -0.2) is 33.7 Å². The maximum Gasteiger partial charge on any atom is 0.232 e. The van der Waals surface area contributed by atoms with Crippen LogP contribution >= 0.6 is 10.7 Å². The van der Waals surface area contributed by atoms with Gasteiger partial charge in [-0.15, -0.1) is 0 Å². The van der Waals surface area contributed by atoms with Gasteiger partial charge in [0.15, 0.2) is 11.6 Å². The molecular weight excluding hydrogens is 309 g/mol. The number of halogens is 2. The number of carbonyl (C=O) groups is 1. The van der Waals surface area contributed by atoms with Crippen molar-refractivity contribution in [1.82, 2.24) is 0 Å². The predicted octanol–water partition coefficient (Wildman–Crippen LogP) is 1.76. The average molecular weight is 322 g/mol. The zero-order valence-corrected chi connectivity index (χ0v) is 12.2. The first-order valence-electron chi connectivity index (χ1n) is 5.87. The summed E-state index contributed by atoms with van der Waals surface area (Å²) in [6, 6.07) is 4.46. The summed E-state index contributed by atoms with van der Waals surface area (Å²) in [5.41, 5.74) is 0.0869. The molecule has 1 aromatic carbocycles. The molecule has 1 aliphatic rings. The highest BCUT2D eigenvalue weighted by molar-refractivity contribution is 8.13. The monoisotopic (exact) mass is 321 g/mol. The lowest BCUT2D eigenvalue weighted by molar-refractivity contribution is -0.117. The molecule has 1 amide bonds. The van der Waals surface area contributed by atoms with Crippen LogP contribution in [0.15, 0.2) is 18.2 Å². The van der Waals surface area contributed by atoms with Crippen LogP contribution < -0.4 is 9.64 Å². The van der Waals surface area contributed by atoms with Crippen LogP contribution in [0.3, 0.4) is 0 Å². The highest BCUT2D eigenvalue weighted by Crippen LogP contribution is 2.32. The Morgan fingerprint density at radius 1 is 1.50 bits per heavy atom. The summed E-state index contributed by atoms with van der Waals surface area (Å²) >= 11 is 0. The predicted molar refractivity (Wildman–Crippen MR) is 73.1 cm³/mol. The van der Waals surface area contributed by atoms with Crippen LogP contribution in [0.5, 0.6) is 5.75 Å². The molecule has 1 aromatic rings. The summed E-state index contributed by atoms with van der Waals surface area (Å²) in [5.74, 6) is -1.68. The third kappa shape index (κ3) is 3.21. The Bertz CT molecular complexity index is 634. The molecule has 1 fully saturated rings. The molecule has 1 heterocycles. The fourth-order valence-electron chi connectivity index (χ4n) is 2.27. The average Bonchev–Trinajstić information content (AvgIpc) is 2.68. The normalized spacial score (nSPS) is 19.4. The molecular formula is C12H13ClFNO4S. The highest BCUT2D eigenvalue weighted by Gasteiger charge is 2.34. The van der Waals surface area contributed by atoms with Crippen molar-refractivity contribution in [2.24, 2.45) is 5.92 Å². The summed E-state index contributed by atoms with van der Waals surface area (Å²) in [5, 5.41) is 0. The van der Waals surface area contributed by atoms with Crippen molar-refractivity contribution in [3.05, 3.63) is 24.0 Å². The van der Waals surface area contributed by atoms with Gasteiger partial charge >= 0.3 is 0 Å². The zero-order chi connectivity index (χ0) is 14.9. The second-order valence-electron chi connectivity index (χ2n) is 4.57. The number of hydrogen-bond donors (Lipinski definition) is 0. The third-order valence-corrected chi connectivity index (χ3v) is 4.34. The number of ether oxygens (including phenoxy) is 1. The molecule has 0 bridgehead atoms. The molecule has 1 atom stereocenters. The first-order chi connectivity index (χ1) is 9.31. The van der Waals surface area contributed by atoms with Crippen LogP contribution in [0, 0.1) is 11.7 Å². The van der Waals surface area contributed by atoms with Crippen LogP contribution in [0.4, 0.5) is 10.1 Å². The van der Waals surface area contributed by atoms with E-state index in [1.807, 2.05) is 0 Å². The van der Waals surface area contributed by atoms with Crippen molar-refractivity contribution < 1.29 is 22.3 Å². The Kier molecular flexibility index (Phi) is 4.19. The number of rotatable bonds is 4. The first-order valence-corrected chi connectivity index (χ1v) is 8.35. The topological polar surface area (TPSA) is 63.7 Å². The number of carbonyl (C=O) groups excluding carboxylic acids is 1. The second kappa shape index (κ2) is 5.57. The van der Waals surface area contributed by atoms with Crippen LogP contribution in [0.2, 0.25) is 0 Å². The van der Waals surface area contributed by atoms with Crippen LogP contribution in [0.1, 0.15) is 6.42 Å². The molecule has 2 rings (SSSR count). The molecule has 110 valence electrons. The minimum Gasteiger partial charge on any atom is -0.494 e. The van der Waals surface area contributed by atoms with E-state index in [2.05, 4.69) is 0 Å². The van der Waals surface area contributed by atoms with Gasteiger partial charge in [0.1, 0.15) is 0 Å². The molecule has 0 spiro atoms. The SMILES string of the molecule is COc1cccc(N2CC(CS(=O)(=O)Cl)CC2=O)c1F. The molecule has 1 saturated heterocycles. The number of benzene rings is 1. The summed E-state index contributed by atoms with van der Waals surface area (Å²) < 4.78 is 41.0. The molecule has 20 heavy (non-hydrogen) atoms. The molecule has 1 unspecified atom stereocenters. The summed E-state index contributed by atoms with van der Waals surface area (Å²) in [6.07, 6.45) is 0.0304. The van der Waals surface area contributed by atoms with Crippen molar-refractivity contribution in [2.45, 2.75) is 6.42 Å². The lowest BCUT2D eigenvalue weighted by atomic mass is 10.1. The first kappa shape index (κ1) is 15.1. The van der Waals surface area contributed by atoms with Gasteiger partial charge in [-0.25, -0.2) is 12.8 Å². The summed E-state index contributed by atoms with van der Waals surface area (Å²) in [6.45, 7) is 0.120. The van der Waals surface area contributed by atoms with E-state index in [0.717, 1.165) is 0 Å². The van der Waals surface area contributed by atoms with Gasteiger partial charge in [-0.3, -0.25) is 4.79 Å². The van der Waals surface area contributed by atoms with Crippen LogP contribution in [-0.2, 0) is 13.8 Å². The number of nitrogens with zero attached hydrogens (tertiary/aromatic N) is 1. The van der Waals surface area contributed by atoms with Gasteiger partial charge in [-0.05, 0) is 12.1 Å². The van der Waals surface area contributed by atoms with E-state index < -0.39 is 20.8 Å². The molecule has 1 aliphatic heterocycles. The lowest BCUT2D eigenvalue weighted by Gasteiger charge is -2.18. The molecule has 0 radical (unpaired) electrons. The Morgan fingerprint density at radius 2 is 2.20 bits per heavy atom. The number of anilines is 1. The van der Waals surface area contributed by atoms with E-state index in [1.54, 1.807) is 6.07 Å². The van der Waals surface area contributed by atoms with Crippen LogP contribution in [0.25, 0.3) is 0 Å². The van der Waals surface area contributed by atoms with Crippen molar-refractivity contribution >= 4 is 31.3 Å². The van der Waals surface area contributed by atoms with Crippen molar-refractivity contribution in [3.63, 3.8) is 0 Å². The summed E-state index contributed by atoms with van der Waals surface area (Å²) in [4.78, 5) is 13.1. The van der Waals surface area contributed by atoms with Gasteiger partial charge in [0.2, 0.25) is 15.0 Å². The highest BCUT2D eigenvalue weighted by atomic mass is 35.7. The van der Waals surface area contributed by atoms with Crippen molar-refractivity contribution in [2.75, 3.05) is 24.3 Å². The van der Waals surface area contributed by atoms with E-state index in [-0.39, 0.29) is 36.1 Å². The molecule has 0 N–H and O–H groups in total. The van der Waals surface area contributed by atoms with Gasteiger partial charge < -0.3 is 9.64 Å². The molecule has 0 aliphatic carbocycles. The van der Waals surface area contributed by atoms with Crippen molar-refractivity contribution in [3.8, 4) is 5.75 Å². The quantitative estimate of drug-likeness (QED) is 0.793. The van der Waals surface area contributed by atoms with E-state index in [4.69, 9.17) is 15.4 Å². The smallest absolute Gasteiger partial charge is 0.232 e. The molecule has 5 nitrogen and oxygen atoms in total. The van der Waals surface area contributed by atoms with Gasteiger partial charge in [-0.2, -0.15) is 0 Å². The Morgan fingerprint density at radius 3 is 2.80 bits per heavy atom. The van der Waals surface area contributed by atoms with Gasteiger partial charge in [0.25, 0.3) is 0 Å². The van der Waals surface area contributed by atoms with E-state index in [1.165, 1.54) is 24.1 Å². The number of hydrogen-bond acceptors (Lipinski definition) is 4. The minimum atomic E-state index is -3.68. The van der Waals surface area contributed by atoms with Gasteiger partial charge in [0, 0.05) is 29.6 Å². The Balaban J connectivity index is 2.24. The fraction of sp³-hybridized carbons (Fsp3) is 0.417. The summed E-state index contributed by atoms with van der Waals surface area (Å²) in [7, 11) is 2.83. The largest absolute Gasteiger partial charge is 0.494 e. The Labute approximate surface area is 120 Å². The number of amides is 1. The second-order valence-corrected chi connectivity index (χ2v) is 7.39. The van der Waals surface area contributed by atoms with Gasteiger partial charge in [-0.1, -0.05) is 6.07 Å². The number of methoxy groups -OCH3 is 1. The van der Waals surface area contributed by atoms with Crippen molar-refractivity contribution in [1.29, 1.82) is 0 Å². The molecule has 0 saturated carbocycles. The zero-order valence-electron chi connectivity index (χ0n) is 10.7. The third-order valence-electron chi connectivity index (χ3n) is 3.09. The molecule has 8 heteroatoms. The maximum absolute atomic E-state index is 14.1. The molecule has 0 aromatic heterocycles.